The van der Waals surface area contributed by atoms with E-state index in [1.54, 1.807) is 35.0 Å². The number of carbonyl (C=O) groups excluding carboxylic acids is 2. The van der Waals surface area contributed by atoms with Gasteiger partial charge in [0.25, 0.3) is 5.91 Å². The van der Waals surface area contributed by atoms with E-state index in [0.29, 0.717) is 35.2 Å². The smallest absolute Gasteiger partial charge is 0.253 e. The molecular formula is C17H24Cl3N3O2. The summed E-state index contributed by atoms with van der Waals surface area (Å²) in [6.07, 6.45) is 1.64. The van der Waals surface area contributed by atoms with Crippen molar-refractivity contribution in [1.82, 2.24) is 15.1 Å². The van der Waals surface area contributed by atoms with Crippen LogP contribution in [-0.4, -0.2) is 61.9 Å². The number of piperidine rings is 1. The number of nitrogens with one attached hydrogen (secondary N) is 1. The molecule has 0 aliphatic carbocycles. The van der Waals surface area contributed by atoms with E-state index in [4.69, 9.17) is 23.2 Å². The van der Waals surface area contributed by atoms with Crippen LogP contribution in [0, 0.1) is 5.92 Å². The van der Waals surface area contributed by atoms with Gasteiger partial charge in [-0.2, -0.15) is 0 Å². The van der Waals surface area contributed by atoms with Crippen molar-refractivity contribution in [2.45, 2.75) is 12.8 Å². The predicted octanol–water partition coefficient (Wildman–Crippen LogP) is 2.95. The Labute approximate surface area is 165 Å². The standard InChI is InChI=1S/C17H23Cl2N3O2.ClH/c1-20-7-9-21(2)16(23)13-4-3-8-22(11-13)17(24)12-5-6-14(18)15(19)10-12;/h5-6,10,13,20H,3-4,7-9,11H2,1-2H3;1H. The molecule has 1 heterocycles. The van der Waals surface area contributed by atoms with Crippen LogP contribution in [-0.2, 0) is 4.79 Å². The lowest BCUT2D eigenvalue weighted by atomic mass is 9.96. The Morgan fingerprint density at radius 1 is 1.32 bits per heavy atom. The summed E-state index contributed by atoms with van der Waals surface area (Å²) < 4.78 is 0. The normalized spacial score (nSPS) is 17.0. The van der Waals surface area contributed by atoms with Gasteiger partial charge in [0.05, 0.1) is 16.0 Å². The minimum atomic E-state index is -0.146. The number of nitrogens with zero attached hydrogens (tertiary/aromatic N) is 2. The molecule has 5 nitrogen and oxygen atoms in total. The molecule has 1 unspecified atom stereocenters. The lowest BCUT2D eigenvalue weighted by Gasteiger charge is -2.34. The predicted molar refractivity (Wildman–Crippen MR) is 104 cm³/mol. The van der Waals surface area contributed by atoms with Gasteiger partial charge in [-0.05, 0) is 38.1 Å². The van der Waals surface area contributed by atoms with Crippen LogP contribution in [0.2, 0.25) is 10.0 Å². The SMILES string of the molecule is CNCCN(C)C(=O)C1CCCN(C(=O)c2ccc(Cl)c(Cl)c2)C1.Cl. The maximum Gasteiger partial charge on any atom is 0.253 e. The van der Waals surface area contributed by atoms with E-state index in [1.807, 2.05) is 7.05 Å². The molecule has 1 fully saturated rings. The van der Waals surface area contributed by atoms with Gasteiger partial charge < -0.3 is 15.1 Å². The van der Waals surface area contributed by atoms with Gasteiger partial charge in [-0.3, -0.25) is 9.59 Å². The second-order valence-electron chi connectivity index (χ2n) is 6.08. The van der Waals surface area contributed by atoms with Gasteiger partial charge in [-0.25, -0.2) is 0 Å². The molecule has 0 aromatic heterocycles. The molecule has 0 saturated carbocycles. The number of benzene rings is 1. The van der Waals surface area contributed by atoms with Gasteiger partial charge in [0.15, 0.2) is 0 Å². The Kier molecular flexibility index (Phi) is 9.00. The first-order valence-electron chi connectivity index (χ1n) is 8.08. The van der Waals surface area contributed by atoms with E-state index >= 15 is 0 Å². The molecule has 1 atom stereocenters. The number of hydrogen-bond donors (Lipinski definition) is 1. The first-order valence-corrected chi connectivity index (χ1v) is 8.83. The van der Waals surface area contributed by atoms with Crippen molar-refractivity contribution in [3.05, 3.63) is 33.8 Å². The number of carbonyl (C=O) groups is 2. The Balaban J connectivity index is 0.00000312. The van der Waals surface area contributed by atoms with Gasteiger partial charge in [0, 0.05) is 38.8 Å². The lowest BCUT2D eigenvalue weighted by molar-refractivity contribution is -0.135. The summed E-state index contributed by atoms with van der Waals surface area (Å²) in [5.74, 6) is -0.159. The van der Waals surface area contributed by atoms with Crippen LogP contribution in [0.3, 0.4) is 0 Å². The number of likely N-dealkylation sites (N-methyl/N-ethyl adjacent to an activating group) is 2. The molecule has 8 heteroatoms. The number of amides is 2. The maximum atomic E-state index is 12.7. The molecule has 1 aromatic rings. The molecule has 25 heavy (non-hydrogen) atoms. The van der Waals surface area contributed by atoms with Gasteiger partial charge in [-0.15, -0.1) is 12.4 Å². The summed E-state index contributed by atoms with van der Waals surface area (Å²) >= 11 is 11.9. The Hall–Kier alpha value is -1.01. The van der Waals surface area contributed by atoms with Crippen LogP contribution in [0.15, 0.2) is 18.2 Å². The molecule has 0 spiro atoms. The van der Waals surface area contributed by atoms with E-state index in [0.717, 1.165) is 19.4 Å². The highest BCUT2D eigenvalue weighted by atomic mass is 35.5. The number of rotatable bonds is 5. The molecule has 0 bridgehead atoms. The van der Waals surface area contributed by atoms with Crippen LogP contribution in [0.5, 0.6) is 0 Å². The number of likely N-dealkylation sites (tertiary alicyclic amines) is 1. The summed E-state index contributed by atoms with van der Waals surface area (Å²) in [4.78, 5) is 28.7. The van der Waals surface area contributed by atoms with E-state index in [1.165, 1.54) is 0 Å². The van der Waals surface area contributed by atoms with Crippen LogP contribution in [0.4, 0.5) is 0 Å². The second kappa shape index (κ2) is 10.2. The maximum absolute atomic E-state index is 12.7. The average Bonchev–Trinajstić information content (AvgIpc) is 2.60. The first-order chi connectivity index (χ1) is 11.4. The van der Waals surface area contributed by atoms with Gasteiger partial charge in [0.2, 0.25) is 5.91 Å². The molecule has 0 radical (unpaired) electrons. The summed E-state index contributed by atoms with van der Waals surface area (Å²) in [6.45, 7) is 2.51. The Bertz CT molecular complexity index is 613. The molecule has 2 amide bonds. The highest BCUT2D eigenvalue weighted by Gasteiger charge is 2.30. The minimum Gasteiger partial charge on any atom is -0.344 e. The van der Waals surface area contributed by atoms with Gasteiger partial charge >= 0.3 is 0 Å². The second-order valence-corrected chi connectivity index (χ2v) is 6.90. The fourth-order valence-corrected chi connectivity index (χ4v) is 3.17. The molecule has 1 saturated heterocycles. The van der Waals surface area contributed by atoms with Crippen molar-refractivity contribution in [3.8, 4) is 0 Å². The third-order valence-corrected chi connectivity index (χ3v) is 5.04. The summed E-state index contributed by atoms with van der Waals surface area (Å²) in [6, 6.07) is 4.87. The molecule has 140 valence electrons. The van der Waals surface area contributed by atoms with Crippen LogP contribution < -0.4 is 5.32 Å². The summed E-state index contributed by atoms with van der Waals surface area (Å²) in [5, 5.41) is 3.82. The van der Waals surface area contributed by atoms with Crippen molar-refractivity contribution in [3.63, 3.8) is 0 Å². The van der Waals surface area contributed by atoms with Crippen LogP contribution >= 0.6 is 35.6 Å². The zero-order valence-corrected chi connectivity index (χ0v) is 16.8. The van der Waals surface area contributed by atoms with Gasteiger partial charge in [-0.1, -0.05) is 23.2 Å². The zero-order valence-electron chi connectivity index (χ0n) is 14.4. The fraction of sp³-hybridized carbons (Fsp3) is 0.529. The average molecular weight is 409 g/mol. The highest BCUT2D eigenvalue weighted by molar-refractivity contribution is 6.42. The largest absolute Gasteiger partial charge is 0.344 e. The minimum absolute atomic E-state index is 0. The van der Waals surface area contributed by atoms with E-state index in [-0.39, 0.29) is 30.1 Å². The third-order valence-electron chi connectivity index (χ3n) is 4.30. The topological polar surface area (TPSA) is 52.7 Å². The van der Waals surface area contributed by atoms with Crippen molar-refractivity contribution in [2.24, 2.45) is 5.92 Å². The summed E-state index contributed by atoms with van der Waals surface area (Å²) in [7, 11) is 3.66. The summed E-state index contributed by atoms with van der Waals surface area (Å²) in [5.41, 5.74) is 0.501. The van der Waals surface area contributed by atoms with E-state index < -0.39 is 0 Å². The van der Waals surface area contributed by atoms with Crippen molar-refractivity contribution in [2.75, 3.05) is 40.3 Å². The fourth-order valence-electron chi connectivity index (χ4n) is 2.88. The Morgan fingerprint density at radius 2 is 2.04 bits per heavy atom. The van der Waals surface area contributed by atoms with Crippen molar-refractivity contribution >= 4 is 47.4 Å². The molecule has 1 aliphatic heterocycles. The number of hydrogen-bond acceptors (Lipinski definition) is 3. The quantitative estimate of drug-likeness (QED) is 0.815. The molecule has 1 N–H and O–H groups in total. The third kappa shape index (κ3) is 5.74. The molecular weight excluding hydrogens is 385 g/mol. The first kappa shape index (κ1) is 22.0. The monoisotopic (exact) mass is 407 g/mol. The number of halogens is 3. The van der Waals surface area contributed by atoms with E-state index in [9.17, 15) is 9.59 Å². The zero-order chi connectivity index (χ0) is 17.7. The lowest BCUT2D eigenvalue weighted by Crippen LogP contribution is -2.46. The van der Waals surface area contributed by atoms with Crippen LogP contribution in [0.25, 0.3) is 0 Å². The molecule has 2 rings (SSSR count). The van der Waals surface area contributed by atoms with Crippen molar-refractivity contribution in [1.29, 1.82) is 0 Å². The molecule has 1 aliphatic rings. The molecule has 1 aromatic carbocycles. The highest BCUT2D eigenvalue weighted by Crippen LogP contribution is 2.25. The van der Waals surface area contributed by atoms with Gasteiger partial charge in [0.1, 0.15) is 0 Å². The Morgan fingerprint density at radius 3 is 2.68 bits per heavy atom. The van der Waals surface area contributed by atoms with Crippen LogP contribution in [0.1, 0.15) is 23.2 Å². The van der Waals surface area contributed by atoms with Crippen molar-refractivity contribution < 1.29 is 9.59 Å². The van der Waals surface area contributed by atoms with E-state index in [2.05, 4.69) is 5.32 Å².